The van der Waals surface area contributed by atoms with Gasteiger partial charge in [0.25, 0.3) is 0 Å². The van der Waals surface area contributed by atoms with Gasteiger partial charge in [-0.25, -0.2) is 4.79 Å². The van der Waals surface area contributed by atoms with Gasteiger partial charge in [-0.3, -0.25) is 0 Å². The van der Waals surface area contributed by atoms with Crippen molar-refractivity contribution in [1.82, 2.24) is 0 Å². The molecule has 0 heterocycles. The van der Waals surface area contributed by atoms with Crippen molar-refractivity contribution in [2.75, 3.05) is 7.11 Å². The minimum absolute atomic E-state index is 0.476. The molecule has 1 rings (SSSR count). The number of hydrogen-bond donors (Lipinski definition) is 1. The fourth-order valence-electron chi connectivity index (χ4n) is 1.28. The van der Waals surface area contributed by atoms with E-state index in [9.17, 15) is 4.79 Å². The highest BCUT2D eigenvalue weighted by atomic mass is 16.5. The third-order valence-corrected chi connectivity index (χ3v) is 2.18. The van der Waals surface area contributed by atoms with E-state index >= 15 is 0 Å². The molecular weight excluding hydrogens is 206 g/mol. The summed E-state index contributed by atoms with van der Waals surface area (Å²) in [6.07, 6.45) is 2.48. The van der Waals surface area contributed by atoms with Gasteiger partial charge in [-0.1, -0.05) is 0 Å². The Kier molecular flexibility index (Phi) is 3.67. The van der Waals surface area contributed by atoms with E-state index in [0.717, 1.165) is 11.6 Å². The van der Waals surface area contributed by atoms with E-state index < -0.39 is 5.97 Å². The van der Waals surface area contributed by atoms with Gasteiger partial charge < -0.3 is 9.84 Å². The van der Waals surface area contributed by atoms with Crippen LogP contribution in [-0.2, 0) is 4.79 Å². The summed E-state index contributed by atoms with van der Waals surface area (Å²) in [6, 6.07) is 5.35. The van der Waals surface area contributed by atoms with Crippen LogP contribution in [0.15, 0.2) is 18.2 Å². The van der Waals surface area contributed by atoms with Crippen LogP contribution in [0.25, 0.3) is 6.08 Å². The Hall–Kier alpha value is -2.28. The molecule has 0 unspecified atom stereocenters. The molecule has 82 valence electrons. The maximum Gasteiger partial charge on any atom is 0.328 e. The van der Waals surface area contributed by atoms with E-state index in [4.69, 9.17) is 15.1 Å². The number of hydrogen-bond acceptors (Lipinski definition) is 3. The molecule has 1 N–H and O–H groups in total. The van der Waals surface area contributed by atoms with Crippen LogP contribution in [0.5, 0.6) is 5.75 Å². The Bertz CT molecular complexity index is 484. The molecule has 0 spiro atoms. The van der Waals surface area contributed by atoms with Crippen molar-refractivity contribution in [3.63, 3.8) is 0 Å². The first kappa shape index (κ1) is 11.8. The van der Waals surface area contributed by atoms with Crippen molar-refractivity contribution < 1.29 is 14.6 Å². The number of benzene rings is 1. The standard InChI is InChI=1S/C12H11NO3/c1-8-9(3-4-12(14)15)5-11(16-2)6-10(8)7-13/h3-6H,1-2H3,(H,14,15)/b4-3+. The molecule has 0 bridgehead atoms. The SMILES string of the molecule is COc1cc(C#N)c(C)c(/C=C/C(=O)O)c1. The van der Waals surface area contributed by atoms with E-state index in [1.165, 1.54) is 13.2 Å². The Morgan fingerprint density at radius 3 is 2.75 bits per heavy atom. The van der Waals surface area contributed by atoms with Crippen LogP contribution in [0.4, 0.5) is 0 Å². The lowest BCUT2D eigenvalue weighted by Gasteiger charge is -2.06. The Balaban J connectivity index is 3.27. The zero-order chi connectivity index (χ0) is 12.1. The van der Waals surface area contributed by atoms with Crippen LogP contribution in [0, 0.1) is 18.3 Å². The van der Waals surface area contributed by atoms with Gasteiger partial charge in [0.2, 0.25) is 0 Å². The molecular formula is C12H11NO3. The molecule has 4 nitrogen and oxygen atoms in total. The van der Waals surface area contributed by atoms with E-state index in [-0.39, 0.29) is 0 Å². The van der Waals surface area contributed by atoms with Gasteiger partial charge in [0, 0.05) is 6.08 Å². The van der Waals surface area contributed by atoms with Crippen LogP contribution in [0.2, 0.25) is 0 Å². The third kappa shape index (κ3) is 2.61. The second kappa shape index (κ2) is 4.99. The summed E-state index contributed by atoms with van der Waals surface area (Å²) in [6.45, 7) is 1.76. The Morgan fingerprint density at radius 2 is 2.25 bits per heavy atom. The van der Waals surface area contributed by atoms with E-state index in [2.05, 4.69) is 0 Å². The predicted molar refractivity (Wildman–Crippen MR) is 59.1 cm³/mol. The zero-order valence-corrected chi connectivity index (χ0v) is 9.02. The van der Waals surface area contributed by atoms with Gasteiger partial charge in [-0.15, -0.1) is 0 Å². The zero-order valence-electron chi connectivity index (χ0n) is 9.02. The lowest BCUT2D eigenvalue weighted by molar-refractivity contribution is -0.131. The molecule has 4 heteroatoms. The second-order valence-electron chi connectivity index (χ2n) is 3.17. The molecule has 0 aliphatic heterocycles. The quantitative estimate of drug-likeness (QED) is 0.786. The number of carboxylic acid groups (broad SMARTS) is 1. The summed E-state index contributed by atoms with van der Waals surface area (Å²) in [4.78, 5) is 10.4. The van der Waals surface area contributed by atoms with Crippen molar-refractivity contribution in [1.29, 1.82) is 5.26 Å². The van der Waals surface area contributed by atoms with Crippen LogP contribution in [-0.4, -0.2) is 18.2 Å². The number of carbonyl (C=O) groups is 1. The van der Waals surface area contributed by atoms with Crippen molar-refractivity contribution >= 4 is 12.0 Å². The maximum atomic E-state index is 10.4. The van der Waals surface area contributed by atoms with Crippen LogP contribution < -0.4 is 4.74 Å². The van der Waals surface area contributed by atoms with Gasteiger partial charge in [0.15, 0.2) is 0 Å². The predicted octanol–water partition coefficient (Wildman–Crippen LogP) is 1.97. The number of nitrogens with zero attached hydrogens (tertiary/aromatic N) is 1. The largest absolute Gasteiger partial charge is 0.497 e. The van der Waals surface area contributed by atoms with E-state index in [1.54, 1.807) is 19.1 Å². The summed E-state index contributed by atoms with van der Waals surface area (Å²) in [7, 11) is 1.50. The normalized spacial score (nSPS) is 10.1. The molecule has 1 aromatic rings. The van der Waals surface area contributed by atoms with Gasteiger partial charge in [0.05, 0.1) is 18.7 Å². The lowest BCUT2D eigenvalue weighted by atomic mass is 10.0. The van der Waals surface area contributed by atoms with Crippen LogP contribution >= 0.6 is 0 Å². The number of carboxylic acids is 1. The monoisotopic (exact) mass is 217 g/mol. The van der Waals surface area contributed by atoms with Gasteiger partial charge in [-0.05, 0) is 36.3 Å². The molecule has 0 atom stereocenters. The Morgan fingerprint density at radius 1 is 1.56 bits per heavy atom. The molecule has 0 saturated heterocycles. The second-order valence-corrected chi connectivity index (χ2v) is 3.17. The summed E-state index contributed by atoms with van der Waals surface area (Å²) in [5, 5.41) is 17.4. The highest BCUT2D eigenvalue weighted by Crippen LogP contribution is 2.22. The number of rotatable bonds is 3. The molecule has 0 aromatic heterocycles. The van der Waals surface area contributed by atoms with Gasteiger partial charge in [-0.2, -0.15) is 5.26 Å². The lowest BCUT2D eigenvalue weighted by Crippen LogP contribution is -1.92. The molecule has 0 radical (unpaired) electrons. The topological polar surface area (TPSA) is 70.3 Å². The number of aliphatic carboxylic acids is 1. The van der Waals surface area contributed by atoms with E-state index in [0.29, 0.717) is 16.9 Å². The van der Waals surface area contributed by atoms with E-state index in [1.807, 2.05) is 6.07 Å². The average Bonchev–Trinajstić information content (AvgIpc) is 2.27. The maximum absolute atomic E-state index is 10.4. The first-order valence-corrected chi connectivity index (χ1v) is 4.58. The Labute approximate surface area is 93.4 Å². The summed E-state index contributed by atoms with van der Waals surface area (Å²) in [5.41, 5.74) is 1.88. The molecule has 0 aliphatic rings. The average molecular weight is 217 g/mol. The molecule has 0 aliphatic carbocycles. The van der Waals surface area contributed by atoms with Gasteiger partial charge >= 0.3 is 5.97 Å². The molecule has 0 amide bonds. The van der Waals surface area contributed by atoms with Crippen molar-refractivity contribution in [2.24, 2.45) is 0 Å². The van der Waals surface area contributed by atoms with Crippen LogP contribution in [0.1, 0.15) is 16.7 Å². The number of nitriles is 1. The highest BCUT2D eigenvalue weighted by Gasteiger charge is 2.05. The molecule has 0 fully saturated rings. The van der Waals surface area contributed by atoms with Crippen LogP contribution in [0.3, 0.4) is 0 Å². The van der Waals surface area contributed by atoms with Crippen molar-refractivity contribution in [3.8, 4) is 11.8 Å². The first-order valence-electron chi connectivity index (χ1n) is 4.58. The fourth-order valence-corrected chi connectivity index (χ4v) is 1.28. The van der Waals surface area contributed by atoms with Gasteiger partial charge in [0.1, 0.15) is 5.75 Å². The van der Waals surface area contributed by atoms with Crippen molar-refractivity contribution in [3.05, 3.63) is 34.9 Å². The minimum atomic E-state index is -1.03. The summed E-state index contributed by atoms with van der Waals surface area (Å²) < 4.78 is 5.03. The highest BCUT2D eigenvalue weighted by molar-refractivity contribution is 5.85. The van der Waals surface area contributed by atoms with Crippen molar-refractivity contribution in [2.45, 2.75) is 6.92 Å². The first-order chi connectivity index (χ1) is 7.58. The third-order valence-electron chi connectivity index (χ3n) is 2.18. The number of ether oxygens (including phenoxy) is 1. The summed E-state index contributed by atoms with van der Waals surface area (Å²) >= 11 is 0. The fraction of sp³-hybridized carbons (Fsp3) is 0.167. The molecule has 16 heavy (non-hydrogen) atoms. The minimum Gasteiger partial charge on any atom is -0.497 e. The number of methoxy groups -OCH3 is 1. The summed E-state index contributed by atoms with van der Waals surface area (Å²) in [5.74, 6) is -0.493. The molecule has 1 aromatic carbocycles. The smallest absolute Gasteiger partial charge is 0.328 e. The molecule has 0 saturated carbocycles.